The summed E-state index contributed by atoms with van der Waals surface area (Å²) < 4.78 is 0. The summed E-state index contributed by atoms with van der Waals surface area (Å²) in [5.41, 5.74) is 2.62. The van der Waals surface area contributed by atoms with Gasteiger partial charge < -0.3 is 10.2 Å². The molecule has 4 atom stereocenters. The number of hydrogen-bond donors (Lipinski definition) is 2. The highest BCUT2D eigenvalue weighted by atomic mass is 16.3. The van der Waals surface area contributed by atoms with E-state index in [1.165, 1.54) is 11.1 Å². The molecule has 0 aromatic rings. The molecule has 2 heteroatoms. The molecular formula is C10H16O2. The van der Waals surface area contributed by atoms with Gasteiger partial charge in [0.05, 0.1) is 12.2 Å². The van der Waals surface area contributed by atoms with Gasteiger partial charge in [0.1, 0.15) is 0 Å². The molecule has 68 valence electrons. The Bertz CT molecular complexity index is 210. The zero-order chi connectivity index (χ0) is 8.88. The fourth-order valence-electron chi connectivity index (χ4n) is 2.87. The minimum absolute atomic E-state index is 0.259. The highest BCUT2D eigenvalue weighted by Crippen LogP contribution is 2.50. The van der Waals surface area contributed by atoms with Crippen molar-refractivity contribution in [3.63, 3.8) is 0 Å². The normalized spacial score (nSPS) is 45.5. The molecule has 0 amide bonds. The van der Waals surface area contributed by atoms with Gasteiger partial charge in [-0.15, -0.1) is 0 Å². The van der Waals surface area contributed by atoms with Crippen LogP contribution in [0.3, 0.4) is 0 Å². The summed E-state index contributed by atoms with van der Waals surface area (Å²) in [5.74, 6) is 0.519. The zero-order valence-corrected chi connectivity index (χ0v) is 7.62. The van der Waals surface area contributed by atoms with Gasteiger partial charge in [-0.1, -0.05) is 11.1 Å². The fraction of sp³-hybridized carbons (Fsp3) is 0.800. The van der Waals surface area contributed by atoms with Crippen LogP contribution in [0, 0.1) is 11.8 Å². The Morgan fingerprint density at radius 3 is 1.75 bits per heavy atom. The molecule has 2 fully saturated rings. The largest absolute Gasteiger partial charge is 0.390 e. The second-order valence-corrected chi connectivity index (χ2v) is 4.23. The van der Waals surface area contributed by atoms with Crippen LogP contribution >= 0.6 is 0 Å². The lowest BCUT2D eigenvalue weighted by molar-refractivity contribution is -0.0160. The van der Waals surface area contributed by atoms with Crippen molar-refractivity contribution < 1.29 is 10.2 Å². The van der Waals surface area contributed by atoms with Crippen LogP contribution < -0.4 is 0 Å². The molecule has 4 unspecified atom stereocenters. The lowest BCUT2D eigenvalue weighted by Gasteiger charge is -2.20. The molecule has 2 nitrogen and oxygen atoms in total. The van der Waals surface area contributed by atoms with Crippen LogP contribution in [0.25, 0.3) is 0 Å². The number of hydrogen-bond acceptors (Lipinski definition) is 2. The maximum Gasteiger partial charge on any atom is 0.0870 e. The summed E-state index contributed by atoms with van der Waals surface area (Å²) in [4.78, 5) is 0. The molecular weight excluding hydrogens is 152 g/mol. The quantitative estimate of drug-likeness (QED) is 0.531. The lowest BCUT2D eigenvalue weighted by atomic mass is 9.95. The van der Waals surface area contributed by atoms with Crippen LogP contribution in [-0.4, -0.2) is 22.4 Å². The molecule has 0 heterocycles. The standard InChI is InChI=1S/C10H16O2/c1-5(2)8-6-3-4-7(8)10(12)9(6)11/h6-7,9-12H,3-4H2,1-2H3. The van der Waals surface area contributed by atoms with Crippen molar-refractivity contribution in [2.24, 2.45) is 11.8 Å². The second-order valence-electron chi connectivity index (χ2n) is 4.23. The highest BCUT2D eigenvalue weighted by Gasteiger charge is 2.50. The molecule has 2 N–H and O–H groups in total. The average molecular weight is 168 g/mol. The Morgan fingerprint density at radius 1 is 1.08 bits per heavy atom. The molecule has 0 aliphatic heterocycles. The maximum absolute atomic E-state index is 9.62. The minimum atomic E-state index is -0.492. The van der Waals surface area contributed by atoms with Crippen LogP contribution in [0.1, 0.15) is 26.7 Å². The number of aliphatic hydroxyl groups is 2. The van der Waals surface area contributed by atoms with Crippen molar-refractivity contribution in [1.82, 2.24) is 0 Å². The number of fused-ring (bicyclic) bond motifs is 2. The predicted molar refractivity (Wildman–Crippen MR) is 46.6 cm³/mol. The van der Waals surface area contributed by atoms with E-state index in [0.29, 0.717) is 0 Å². The van der Waals surface area contributed by atoms with Gasteiger partial charge in [0.2, 0.25) is 0 Å². The summed E-state index contributed by atoms with van der Waals surface area (Å²) in [6, 6.07) is 0. The topological polar surface area (TPSA) is 40.5 Å². The van der Waals surface area contributed by atoms with Gasteiger partial charge in [0.15, 0.2) is 0 Å². The molecule has 2 rings (SSSR count). The molecule has 2 aliphatic carbocycles. The Labute approximate surface area is 72.9 Å². The monoisotopic (exact) mass is 168 g/mol. The first kappa shape index (κ1) is 8.27. The first-order valence-electron chi connectivity index (χ1n) is 4.66. The van der Waals surface area contributed by atoms with Gasteiger partial charge in [-0.05, 0) is 26.7 Å². The van der Waals surface area contributed by atoms with E-state index in [2.05, 4.69) is 13.8 Å². The van der Waals surface area contributed by atoms with E-state index in [1.54, 1.807) is 0 Å². The van der Waals surface area contributed by atoms with Crippen molar-refractivity contribution in [3.8, 4) is 0 Å². The minimum Gasteiger partial charge on any atom is -0.390 e. The van der Waals surface area contributed by atoms with E-state index in [-0.39, 0.29) is 11.8 Å². The van der Waals surface area contributed by atoms with Crippen LogP contribution in [0.15, 0.2) is 11.1 Å². The van der Waals surface area contributed by atoms with E-state index in [1.807, 2.05) is 0 Å². The fourth-order valence-corrected chi connectivity index (χ4v) is 2.87. The van der Waals surface area contributed by atoms with Crippen LogP contribution in [0.2, 0.25) is 0 Å². The molecule has 2 aliphatic rings. The molecule has 0 aromatic heterocycles. The van der Waals surface area contributed by atoms with Gasteiger partial charge in [-0.3, -0.25) is 0 Å². The Balaban J connectivity index is 2.37. The van der Waals surface area contributed by atoms with E-state index in [9.17, 15) is 10.2 Å². The highest BCUT2D eigenvalue weighted by molar-refractivity contribution is 5.29. The smallest absolute Gasteiger partial charge is 0.0870 e. The lowest BCUT2D eigenvalue weighted by Crippen LogP contribution is -2.31. The third-order valence-electron chi connectivity index (χ3n) is 3.34. The molecule has 0 aromatic carbocycles. The van der Waals surface area contributed by atoms with Crippen molar-refractivity contribution >= 4 is 0 Å². The Kier molecular flexibility index (Phi) is 1.77. The van der Waals surface area contributed by atoms with Crippen LogP contribution in [0.4, 0.5) is 0 Å². The molecule has 12 heavy (non-hydrogen) atoms. The van der Waals surface area contributed by atoms with Gasteiger partial charge in [0.25, 0.3) is 0 Å². The average Bonchev–Trinajstić information content (AvgIpc) is 2.51. The zero-order valence-electron chi connectivity index (χ0n) is 7.62. The second kappa shape index (κ2) is 2.57. The Hall–Kier alpha value is -0.340. The summed E-state index contributed by atoms with van der Waals surface area (Å²) in [7, 11) is 0. The third kappa shape index (κ3) is 0.882. The van der Waals surface area contributed by atoms with Crippen molar-refractivity contribution in [1.29, 1.82) is 0 Å². The van der Waals surface area contributed by atoms with Gasteiger partial charge in [-0.2, -0.15) is 0 Å². The predicted octanol–water partition coefficient (Wildman–Crippen LogP) is 1.08. The Morgan fingerprint density at radius 2 is 1.50 bits per heavy atom. The first-order chi connectivity index (χ1) is 5.63. The van der Waals surface area contributed by atoms with Crippen molar-refractivity contribution in [3.05, 3.63) is 11.1 Å². The van der Waals surface area contributed by atoms with Crippen molar-refractivity contribution in [2.45, 2.75) is 38.9 Å². The van der Waals surface area contributed by atoms with Crippen LogP contribution in [-0.2, 0) is 0 Å². The summed E-state index contributed by atoms with van der Waals surface area (Å²) >= 11 is 0. The summed E-state index contributed by atoms with van der Waals surface area (Å²) in [5, 5.41) is 19.2. The van der Waals surface area contributed by atoms with E-state index in [4.69, 9.17) is 0 Å². The van der Waals surface area contributed by atoms with Gasteiger partial charge in [0, 0.05) is 11.8 Å². The van der Waals surface area contributed by atoms with E-state index in [0.717, 1.165) is 12.8 Å². The molecule has 2 saturated carbocycles. The van der Waals surface area contributed by atoms with Gasteiger partial charge >= 0.3 is 0 Å². The van der Waals surface area contributed by atoms with E-state index >= 15 is 0 Å². The number of rotatable bonds is 0. The summed E-state index contributed by atoms with van der Waals surface area (Å²) in [6.07, 6.45) is 1.13. The maximum atomic E-state index is 9.62. The van der Waals surface area contributed by atoms with E-state index < -0.39 is 12.2 Å². The van der Waals surface area contributed by atoms with Crippen molar-refractivity contribution in [2.75, 3.05) is 0 Å². The molecule has 0 spiro atoms. The number of aliphatic hydroxyl groups excluding tert-OH is 2. The SMILES string of the molecule is CC(C)=C1C2CCC1C(O)C2O. The molecule has 0 saturated heterocycles. The number of allylic oxidation sites excluding steroid dienone is 1. The van der Waals surface area contributed by atoms with Crippen LogP contribution in [0.5, 0.6) is 0 Å². The molecule has 2 bridgehead atoms. The first-order valence-corrected chi connectivity index (χ1v) is 4.66. The third-order valence-corrected chi connectivity index (χ3v) is 3.34. The molecule has 0 radical (unpaired) electrons. The van der Waals surface area contributed by atoms with Gasteiger partial charge in [-0.25, -0.2) is 0 Å². The summed E-state index contributed by atoms with van der Waals surface area (Å²) in [6.45, 7) is 4.15.